The van der Waals surface area contributed by atoms with Crippen LogP contribution in [0.4, 0.5) is 0 Å². The number of methoxy groups -OCH3 is 1. The van der Waals surface area contributed by atoms with Gasteiger partial charge < -0.3 is 9.47 Å². The van der Waals surface area contributed by atoms with E-state index in [2.05, 4.69) is 27.5 Å². The average molecular weight is 274 g/mol. The summed E-state index contributed by atoms with van der Waals surface area (Å²) in [6.45, 7) is 6.30. The zero-order valence-corrected chi connectivity index (χ0v) is 10.7. The van der Waals surface area contributed by atoms with Crippen LogP contribution in [0.1, 0.15) is 19.8 Å². The Bertz CT molecular complexity index is 293. The van der Waals surface area contributed by atoms with Gasteiger partial charge in [-0.2, -0.15) is 0 Å². The Balaban J connectivity index is 2.31. The molecule has 0 aromatic rings. The molecule has 3 nitrogen and oxygen atoms in total. The number of rotatable bonds is 6. The molecule has 0 saturated heterocycles. The van der Waals surface area contributed by atoms with Crippen LogP contribution in [-0.2, 0) is 9.47 Å². The number of nitrogens with zero attached hydrogens (tertiary/aromatic N) is 1. The van der Waals surface area contributed by atoms with Crippen LogP contribution in [0.2, 0.25) is 0 Å². The van der Waals surface area contributed by atoms with Gasteiger partial charge in [0.25, 0.3) is 0 Å². The van der Waals surface area contributed by atoms with Gasteiger partial charge >= 0.3 is 0 Å². The van der Waals surface area contributed by atoms with Crippen LogP contribution in [0.15, 0.2) is 27.7 Å². The molecular weight excluding hydrogens is 258 g/mol. The first-order chi connectivity index (χ1) is 7.13. The highest BCUT2D eigenvalue weighted by atomic mass is 79.9. The molecule has 1 saturated carbocycles. The SMILES string of the molecule is C=C(N=C/C(Br)=C(\C)OC)OCC1CC1. The van der Waals surface area contributed by atoms with E-state index in [1.54, 1.807) is 13.3 Å². The van der Waals surface area contributed by atoms with Crippen molar-refractivity contribution >= 4 is 22.1 Å². The van der Waals surface area contributed by atoms with Crippen LogP contribution in [0.25, 0.3) is 0 Å². The van der Waals surface area contributed by atoms with E-state index < -0.39 is 0 Å². The summed E-state index contributed by atoms with van der Waals surface area (Å²) in [4.78, 5) is 4.07. The summed E-state index contributed by atoms with van der Waals surface area (Å²) >= 11 is 3.33. The highest BCUT2D eigenvalue weighted by Crippen LogP contribution is 2.29. The topological polar surface area (TPSA) is 30.8 Å². The molecule has 1 aliphatic rings. The molecule has 0 unspecified atom stereocenters. The van der Waals surface area contributed by atoms with Crippen molar-refractivity contribution in [3.8, 4) is 0 Å². The number of halogens is 1. The molecule has 84 valence electrons. The van der Waals surface area contributed by atoms with Crippen molar-refractivity contribution in [1.82, 2.24) is 0 Å². The molecule has 0 spiro atoms. The molecule has 1 aliphatic carbocycles. The van der Waals surface area contributed by atoms with E-state index in [0.717, 1.165) is 22.8 Å². The van der Waals surface area contributed by atoms with Gasteiger partial charge in [0, 0.05) is 6.21 Å². The lowest BCUT2D eigenvalue weighted by molar-refractivity contribution is 0.199. The molecule has 0 radical (unpaired) electrons. The lowest BCUT2D eigenvalue weighted by atomic mass is 10.5. The number of hydrogen-bond donors (Lipinski definition) is 0. The van der Waals surface area contributed by atoms with Gasteiger partial charge in [0.05, 0.1) is 18.2 Å². The van der Waals surface area contributed by atoms with Crippen LogP contribution in [0.3, 0.4) is 0 Å². The number of aliphatic imine (C=N–C) groups is 1. The second kappa shape index (κ2) is 5.95. The maximum absolute atomic E-state index is 5.35. The van der Waals surface area contributed by atoms with E-state index in [4.69, 9.17) is 9.47 Å². The Labute approximate surface area is 99.0 Å². The number of hydrogen-bond acceptors (Lipinski definition) is 3. The fourth-order valence-electron chi connectivity index (χ4n) is 0.853. The number of allylic oxidation sites excluding steroid dienone is 2. The van der Waals surface area contributed by atoms with Crippen molar-refractivity contribution in [2.75, 3.05) is 13.7 Å². The molecule has 0 heterocycles. The smallest absolute Gasteiger partial charge is 0.205 e. The highest BCUT2D eigenvalue weighted by molar-refractivity contribution is 9.12. The van der Waals surface area contributed by atoms with E-state index in [-0.39, 0.29) is 0 Å². The monoisotopic (exact) mass is 273 g/mol. The fourth-order valence-corrected chi connectivity index (χ4v) is 1.12. The van der Waals surface area contributed by atoms with Crippen LogP contribution >= 0.6 is 15.9 Å². The lowest BCUT2D eigenvalue weighted by Crippen LogP contribution is -1.94. The van der Waals surface area contributed by atoms with Gasteiger partial charge in [-0.25, -0.2) is 4.99 Å². The Kier molecular flexibility index (Phi) is 4.88. The maximum Gasteiger partial charge on any atom is 0.205 e. The van der Waals surface area contributed by atoms with Crippen LogP contribution in [0, 0.1) is 5.92 Å². The van der Waals surface area contributed by atoms with Gasteiger partial charge in [0.2, 0.25) is 5.88 Å². The van der Waals surface area contributed by atoms with Crippen molar-refractivity contribution in [1.29, 1.82) is 0 Å². The van der Waals surface area contributed by atoms with E-state index in [1.807, 2.05) is 6.92 Å². The van der Waals surface area contributed by atoms with Gasteiger partial charge in [-0.05, 0) is 48.2 Å². The number of ether oxygens (including phenoxy) is 2. The van der Waals surface area contributed by atoms with Crippen molar-refractivity contribution in [2.24, 2.45) is 10.9 Å². The average Bonchev–Trinajstić information content (AvgIpc) is 3.05. The van der Waals surface area contributed by atoms with E-state index in [9.17, 15) is 0 Å². The van der Waals surface area contributed by atoms with Crippen LogP contribution in [-0.4, -0.2) is 19.9 Å². The normalized spacial score (nSPS) is 17.5. The van der Waals surface area contributed by atoms with Crippen molar-refractivity contribution in [3.63, 3.8) is 0 Å². The molecule has 0 atom stereocenters. The third-order valence-electron chi connectivity index (χ3n) is 2.15. The molecule has 15 heavy (non-hydrogen) atoms. The van der Waals surface area contributed by atoms with Gasteiger partial charge in [0.1, 0.15) is 5.76 Å². The zero-order valence-electron chi connectivity index (χ0n) is 9.12. The van der Waals surface area contributed by atoms with Crippen molar-refractivity contribution < 1.29 is 9.47 Å². The van der Waals surface area contributed by atoms with Gasteiger partial charge in [0.15, 0.2) is 0 Å². The van der Waals surface area contributed by atoms with Gasteiger partial charge in [-0.15, -0.1) is 0 Å². The Morgan fingerprint density at radius 3 is 2.80 bits per heavy atom. The second-order valence-electron chi connectivity index (χ2n) is 3.51. The first-order valence-electron chi connectivity index (χ1n) is 4.89. The summed E-state index contributed by atoms with van der Waals surface area (Å²) in [5, 5.41) is 0. The molecule has 4 heteroatoms. The maximum atomic E-state index is 5.35. The predicted molar refractivity (Wildman–Crippen MR) is 64.9 cm³/mol. The minimum absolute atomic E-state index is 0.447. The van der Waals surface area contributed by atoms with E-state index in [1.165, 1.54) is 12.8 Å². The first kappa shape index (κ1) is 12.3. The van der Waals surface area contributed by atoms with E-state index >= 15 is 0 Å². The molecule has 0 amide bonds. The van der Waals surface area contributed by atoms with Crippen LogP contribution < -0.4 is 0 Å². The summed E-state index contributed by atoms with van der Waals surface area (Å²) < 4.78 is 11.2. The standard InChI is InChI=1S/C11H16BrNO2/c1-8(14-3)11(12)6-13-9(2)15-7-10-4-5-10/h6,10H,2,4-5,7H2,1,3H3/b11-8-,13-6?. The lowest BCUT2D eigenvalue weighted by Gasteiger charge is -2.03. The van der Waals surface area contributed by atoms with E-state index in [0.29, 0.717) is 5.88 Å². The zero-order chi connectivity index (χ0) is 11.3. The molecule has 0 bridgehead atoms. The minimum Gasteiger partial charge on any atom is -0.500 e. The molecule has 1 fully saturated rings. The summed E-state index contributed by atoms with van der Waals surface area (Å²) in [7, 11) is 1.61. The van der Waals surface area contributed by atoms with Gasteiger partial charge in [-0.3, -0.25) is 0 Å². The Hall–Kier alpha value is -0.770. The molecule has 0 aromatic carbocycles. The largest absolute Gasteiger partial charge is 0.500 e. The second-order valence-corrected chi connectivity index (χ2v) is 4.37. The third kappa shape index (κ3) is 5.02. The highest BCUT2D eigenvalue weighted by Gasteiger charge is 2.21. The molecule has 0 N–H and O–H groups in total. The summed E-state index contributed by atoms with van der Waals surface area (Å²) in [5.74, 6) is 1.94. The van der Waals surface area contributed by atoms with Gasteiger partial charge in [-0.1, -0.05) is 0 Å². The first-order valence-corrected chi connectivity index (χ1v) is 5.69. The molecular formula is C11H16BrNO2. The Morgan fingerprint density at radius 1 is 1.60 bits per heavy atom. The van der Waals surface area contributed by atoms with Crippen LogP contribution in [0.5, 0.6) is 0 Å². The summed E-state index contributed by atoms with van der Waals surface area (Å²) in [6.07, 6.45) is 4.17. The predicted octanol–water partition coefficient (Wildman–Crippen LogP) is 3.23. The van der Waals surface area contributed by atoms with Crippen molar-refractivity contribution in [3.05, 3.63) is 22.7 Å². The van der Waals surface area contributed by atoms with Crippen molar-refractivity contribution in [2.45, 2.75) is 19.8 Å². The third-order valence-corrected chi connectivity index (χ3v) is 2.91. The summed E-state index contributed by atoms with van der Waals surface area (Å²) in [6, 6.07) is 0. The molecule has 0 aromatic heterocycles. The quantitative estimate of drug-likeness (QED) is 0.550. The molecule has 0 aliphatic heterocycles. The summed E-state index contributed by atoms with van der Waals surface area (Å²) in [5.41, 5.74) is 0. The minimum atomic E-state index is 0.447. The fraction of sp³-hybridized carbons (Fsp3) is 0.545. The Morgan fingerprint density at radius 2 is 2.27 bits per heavy atom. The molecule has 1 rings (SSSR count).